The molecule has 1 aliphatic rings. The lowest BCUT2D eigenvalue weighted by molar-refractivity contribution is 0.0220. The van der Waals surface area contributed by atoms with Crippen LogP contribution >= 0.6 is 0 Å². The van der Waals surface area contributed by atoms with Crippen molar-refractivity contribution in [1.82, 2.24) is 5.32 Å². The zero-order valence-corrected chi connectivity index (χ0v) is 11.1. The summed E-state index contributed by atoms with van der Waals surface area (Å²) in [5.74, 6) is 0.309. The van der Waals surface area contributed by atoms with Crippen LogP contribution in [0.4, 0.5) is 9.59 Å². The van der Waals surface area contributed by atoms with E-state index in [2.05, 4.69) is 5.32 Å². The number of nitrogens with two attached hydrogens (primary N) is 1. The zero-order valence-electron chi connectivity index (χ0n) is 11.1. The number of hydrogen-bond acceptors (Lipinski definition) is 4. The Morgan fingerprint density at radius 1 is 1.25 bits per heavy atom. The molecule has 2 amide bonds. The van der Waals surface area contributed by atoms with Gasteiger partial charge in [0, 0.05) is 6.54 Å². The molecule has 0 spiro atoms. The van der Waals surface area contributed by atoms with E-state index in [1.807, 2.05) is 30.3 Å². The van der Waals surface area contributed by atoms with Gasteiger partial charge in [0.25, 0.3) is 0 Å². The summed E-state index contributed by atoms with van der Waals surface area (Å²) in [6.45, 7) is 0.775. The monoisotopic (exact) mass is 278 g/mol. The van der Waals surface area contributed by atoms with E-state index in [-0.39, 0.29) is 12.7 Å². The maximum atomic E-state index is 11.5. The molecule has 0 atom stereocenters. The van der Waals surface area contributed by atoms with E-state index in [1.165, 1.54) is 0 Å². The molecule has 0 aliphatic heterocycles. The van der Waals surface area contributed by atoms with Gasteiger partial charge in [-0.2, -0.15) is 0 Å². The van der Waals surface area contributed by atoms with Gasteiger partial charge in [0.15, 0.2) is 0 Å². The Bertz CT molecular complexity index is 458. The molecule has 1 saturated carbocycles. The minimum absolute atomic E-state index is 0.111. The molecule has 1 fully saturated rings. The summed E-state index contributed by atoms with van der Waals surface area (Å²) in [5.41, 5.74) is 5.86. The molecule has 1 aliphatic carbocycles. The fourth-order valence-corrected chi connectivity index (χ4v) is 2.10. The summed E-state index contributed by atoms with van der Waals surface area (Å²) < 4.78 is 9.91. The number of primary amides is 1. The van der Waals surface area contributed by atoms with Crippen molar-refractivity contribution in [3.8, 4) is 0 Å². The van der Waals surface area contributed by atoms with Gasteiger partial charge in [-0.15, -0.1) is 0 Å². The Morgan fingerprint density at radius 2 is 1.95 bits per heavy atom. The molecule has 0 heterocycles. The molecule has 3 N–H and O–H groups in total. The number of hydrogen-bond donors (Lipinski definition) is 2. The molecular weight excluding hydrogens is 260 g/mol. The summed E-state index contributed by atoms with van der Waals surface area (Å²) in [6, 6.07) is 9.48. The molecule has 1 aromatic rings. The molecule has 2 rings (SSSR count). The van der Waals surface area contributed by atoms with E-state index in [9.17, 15) is 9.59 Å². The van der Waals surface area contributed by atoms with E-state index in [0.717, 1.165) is 18.4 Å². The van der Waals surface area contributed by atoms with Crippen LogP contribution in [0.3, 0.4) is 0 Å². The van der Waals surface area contributed by atoms with Gasteiger partial charge in [0.1, 0.15) is 12.7 Å². The fraction of sp³-hybridized carbons (Fsp3) is 0.429. The predicted molar refractivity (Wildman–Crippen MR) is 71.8 cm³/mol. The fourth-order valence-electron chi connectivity index (χ4n) is 2.10. The third-order valence-corrected chi connectivity index (χ3v) is 3.22. The highest BCUT2D eigenvalue weighted by molar-refractivity contribution is 5.67. The van der Waals surface area contributed by atoms with E-state index < -0.39 is 12.2 Å². The summed E-state index contributed by atoms with van der Waals surface area (Å²) in [4.78, 5) is 22.0. The first-order valence-corrected chi connectivity index (χ1v) is 6.54. The lowest BCUT2D eigenvalue weighted by Crippen LogP contribution is -2.41. The average Bonchev–Trinajstić information content (AvgIpc) is 2.39. The summed E-state index contributed by atoms with van der Waals surface area (Å²) in [5, 5.41) is 2.70. The van der Waals surface area contributed by atoms with E-state index in [0.29, 0.717) is 12.5 Å². The molecule has 0 saturated heterocycles. The number of carbonyl (C=O) groups is 2. The molecule has 1 aromatic carbocycles. The lowest BCUT2D eigenvalue weighted by atomic mass is 9.82. The van der Waals surface area contributed by atoms with E-state index in [4.69, 9.17) is 15.2 Å². The SMILES string of the molecule is NC(=O)O[C@H]1C[C@@H](CNC(=O)OCc2ccccc2)C1. The molecular formula is C14H18N2O4. The van der Waals surface area contributed by atoms with Gasteiger partial charge in [-0.25, -0.2) is 9.59 Å². The number of carbonyl (C=O) groups excluding carboxylic acids is 2. The number of alkyl carbamates (subject to hydrolysis) is 1. The number of nitrogens with one attached hydrogen (secondary N) is 1. The molecule has 0 radical (unpaired) electrons. The zero-order chi connectivity index (χ0) is 14.4. The van der Waals surface area contributed by atoms with Crippen LogP contribution in [0, 0.1) is 5.92 Å². The van der Waals surface area contributed by atoms with Crippen LogP contribution in [-0.2, 0) is 16.1 Å². The minimum Gasteiger partial charge on any atom is -0.446 e. The Balaban J connectivity index is 1.56. The van der Waals surface area contributed by atoms with Crippen LogP contribution in [0.5, 0.6) is 0 Å². The second-order valence-electron chi connectivity index (χ2n) is 4.84. The number of rotatable bonds is 5. The van der Waals surface area contributed by atoms with Crippen LogP contribution < -0.4 is 11.1 Å². The minimum atomic E-state index is -0.747. The highest BCUT2D eigenvalue weighted by Crippen LogP contribution is 2.29. The van der Waals surface area contributed by atoms with Crippen molar-refractivity contribution in [2.75, 3.05) is 6.54 Å². The van der Waals surface area contributed by atoms with Crippen molar-refractivity contribution in [1.29, 1.82) is 0 Å². The molecule has 108 valence electrons. The van der Waals surface area contributed by atoms with Gasteiger partial charge >= 0.3 is 12.2 Å². The van der Waals surface area contributed by atoms with Gasteiger partial charge in [0.2, 0.25) is 0 Å². The summed E-state index contributed by atoms with van der Waals surface area (Å²) in [6.07, 6.45) is 0.153. The molecule has 20 heavy (non-hydrogen) atoms. The second-order valence-corrected chi connectivity index (χ2v) is 4.84. The maximum absolute atomic E-state index is 11.5. The van der Waals surface area contributed by atoms with Gasteiger partial charge in [-0.05, 0) is 24.3 Å². The first kappa shape index (κ1) is 14.2. The Kier molecular flexibility index (Phi) is 4.81. The molecule has 0 bridgehead atoms. The summed E-state index contributed by atoms with van der Waals surface area (Å²) >= 11 is 0. The smallest absolute Gasteiger partial charge is 0.407 e. The third-order valence-electron chi connectivity index (χ3n) is 3.22. The van der Waals surface area contributed by atoms with Crippen molar-refractivity contribution in [3.63, 3.8) is 0 Å². The van der Waals surface area contributed by atoms with Crippen molar-refractivity contribution in [3.05, 3.63) is 35.9 Å². The van der Waals surface area contributed by atoms with Crippen molar-refractivity contribution < 1.29 is 19.1 Å². The normalized spacial score (nSPS) is 20.6. The quantitative estimate of drug-likeness (QED) is 0.859. The first-order chi connectivity index (χ1) is 9.63. The maximum Gasteiger partial charge on any atom is 0.407 e. The van der Waals surface area contributed by atoms with Gasteiger partial charge in [0.05, 0.1) is 0 Å². The third kappa shape index (κ3) is 4.46. The van der Waals surface area contributed by atoms with E-state index >= 15 is 0 Å². The van der Waals surface area contributed by atoms with E-state index in [1.54, 1.807) is 0 Å². The number of amides is 2. The van der Waals surface area contributed by atoms with Crippen LogP contribution in [0.15, 0.2) is 30.3 Å². The largest absolute Gasteiger partial charge is 0.446 e. The molecule has 0 unspecified atom stereocenters. The lowest BCUT2D eigenvalue weighted by Gasteiger charge is -2.33. The van der Waals surface area contributed by atoms with Gasteiger partial charge < -0.3 is 20.5 Å². The van der Waals surface area contributed by atoms with Crippen LogP contribution in [0.25, 0.3) is 0 Å². The second kappa shape index (κ2) is 6.79. The molecule has 6 heteroatoms. The first-order valence-electron chi connectivity index (χ1n) is 6.54. The van der Waals surface area contributed by atoms with Gasteiger partial charge in [-0.3, -0.25) is 0 Å². The van der Waals surface area contributed by atoms with Crippen LogP contribution in [-0.4, -0.2) is 24.8 Å². The average molecular weight is 278 g/mol. The Hall–Kier alpha value is -2.24. The van der Waals surface area contributed by atoms with Crippen molar-refractivity contribution in [2.24, 2.45) is 11.7 Å². The topological polar surface area (TPSA) is 90.7 Å². The summed E-state index contributed by atoms with van der Waals surface area (Å²) in [7, 11) is 0. The highest BCUT2D eigenvalue weighted by Gasteiger charge is 2.31. The number of benzene rings is 1. The number of ether oxygens (including phenoxy) is 2. The predicted octanol–water partition coefficient (Wildman–Crippen LogP) is 1.79. The Morgan fingerprint density at radius 3 is 2.60 bits per heavy atom. The van der Waals surface area contributed by atoms with Crippen LogP contribution in [0.2, 0.25) is 0 Å². The standard InChI is InChI=1S/C14H18N2O4/c15-13(17)20-12-6-11(7-12)8-16-14(18)19-9-10-4-2-1-3-5-10/h1-5,11-12H,6-9H2,(H2,15,17)(H,16,18)/t11-,12+. The van der Waals surface area contributed by atoms with Crippen molar-refractivity contribution >= 4 is 12.2 Å². The molecule has 6 nitrogen and oxygen atoms in total. The Labute approximate surface area is 117 Å². The highest BCUT2D eigenvalue weighted by atomic mass is 16.6. The van der Waals surface area contributed by atoms with Crippen LogP contribution in [0.1, 0.15) is 18.4 Å². The van der Waals surface area contributed by atoms with Crippen molar-refractivity contribution in [2.45, 2.75) is 25.6 Å². The van der Waals surface area contributed by atoms with Gasteiger partial charge in [-0.1, -0.05) is 30.3 Å². The molecule has 0 aromatic heterocycles.